The van der Waals surface area contributed by atoms with Gasteiger partial charge in [0.1, 0.15) is 5.75 Å². The third-order valence-corrected chi connectivity index (χ3v) is 4.78. The number of aliphatic carboxylic acids is 1. The van der Waals surface area contributed by atoms with E-state index < -0.39 is 5.97 Å². The predicted octanol–water partition coefficient (Wildman–Crippen LogP) is 2.78. The van der Waals surface area contributed by atoms with Crippen LogP contribution in [-0.4, -0.2) is 57.0 Å². The van der Waals surface area contributed by atoms with Crippen LogP contribution in [0.25, 0.3) is 6.08 Å². The fraction of sp³-hybridized carbons (Fsp3) is 0.476. The molecule has 3 rings (SSSR count). The van der Waals surface area contributed by atoms with Crippen LogP contribution in [-0.2, 0) is 18.4 Å². The standard InChI is InChI=1S/C21H29N5O3/c1-25-21(23-19(24-25)9-10-20(27)28)22-11-6-14-29-18-8-5-7-17(15-18)16-26-12-3-2-4-13-26/h5,7-10,15H,2-4,6,11-14,16H2,1H3,(H,27,28)(H,22,23,24). The number of rotatable bonds is 10. The third-order valence-electron chi connectivity index (χ3n) is 4.78. The van der Waals surface area contributed by atoms with Crippen molar-refractivity contribution < 1.29 is 14.6 Å². The van der Waals surface area contributed by atoms with Gasteiger partial charge in [-0.25, -0.2) is 9.48 Å². The molecule has 0 bridgehead atoms. The maximum absolute atomic E-state index is 10.6. The smallest absolute Gasteiger partial charge is 0.328 e. The summed E-state index contributed by atoms with van der Waals surface area (Å²) in [6, 6.07) is 8.34. The van der Waals surface area contributed by atoms with Crippen LogP contribution in [0.3, 0.4) is 0 Å². The Labute approximate surface area is 171 Å². The van der Waals surface area contributed by atoms with Gasteiger partial charge in [0, 0.05) is 26.2 Å². The number of carboxylic acid groups (broad SMARTS) is 1. The number of hydrogen-bond donors (Lipinski definition) is 2. The molecule has 1 saturated heterocycles. The summed E-state index contributed by atoms with van der Waals surface area (Å²) in [6.07, 6.45) is 7.14. The van der Waals surface area contributed by atoms with Crippen LogP contribution < -0.4 is 10.1 Å². The normalized spacial score (nSPS) is 14.9. The summed E-state index contributed by atoms with van der Waals surface area (Å²) in [6.45, 7) is 4.65. The van der Waals surface area contributed by atoms with E-state index in [9.17, 15) is 4.79 Å². The van der Waals surface area contributed by atoms with Crippen molar-refractivity contribution in [2.75, 3.05) is 31.6 Å². The largest absolute Gasteiger partial charge is 0.494 e. The number of ether oxygens (including phenoxy) is 1. The van der Waals surface area contributed by atoms with Crippen LogP contribution in [0.5, 0.6) is 5.75 Å². The lowest BCUT2D eigenvalue weighted by Crippen LogP contribution is -2.29. The Hall–Kier alpha value is -2.87. The van der Waals surface area contributed by atoms with Gasteiger partial charge in [0.2, 0.25) is 5.95 Å². The first-order valence-corrected chi connectivity index (χ1v) is 10.1. The van der Waals surface area contributed by atoms with Gasteiger partial charge in [0.25, 0.3) is 0 Å². The van der Waals surface area contributed by atoms with E-state index in [0.717, 1.165) is 24.8 Å². The molecule has 0 unspecified atom stereocenters. The molecule has 0 spiro atoms. The maximum atomic E-state index is 10.6. The molecule has 0 amide bonds. The van der Waals surface area contributed by atoms with Crippen molar-refractivity contribution in [2.45, 2.75) is 32.2 Å². The fourth-order valence-electron chi connectivity index (χ4n) is 3.35. The minimum atomic E-state index is -1.02. The molecule has 156 valence electrons. The van der Waals surface area contributed by atoms with Gasteiger partial charge < -0.3 is 15.2 Å². The number of piperidine rings is 1. The molecule has 1 aliphatic rings. The average Bonchev–Trinajstić information content (AvgIpc) is 3.07. The van der Waals surface area contributed by atoms with Crippen LogP contribution >= 0.6 is 0 Å². The molecule has 8 heteroatoms. The lowest BCUT2D eigenvalue weighted by molar-refractivity contribution is -0.131. The van der Waals surface area contributed by atoms with E-state index >= 15 is 0 Å². The first kappa shape index (κ1) is 20.9. The van der Waals surface area contributed by atoms with Crippen molar-refractivity contribution in [3.05, 3.63) is 41.7 Å². The molecular weight excluding hydrogens is 370 g/mol. The number of anilines is 1. The number of nitrogens with one attached hydrogen (secondary N) is 1. The molecule has 1 aromatic heterocycles. The third kappa shape index (κ3) is 6.90. The van der Waals surface area contributed by atoms with Gasteiger partial charge in [0.05, 0.1) is 6.61 Å². The fourth-order valence-corrected chi connectivity index (χ4v) is 3.35. The Kier molecular flexibility index (Phi) is 7.63. The van der Waals surface area contributed by atoms with Crippen molar-refractivity contribution in [3.8, 4) is 5.75 Å². The van der Waals surface area contributed by atoms with Crippen molar-refractivity contribution in [1.82, 2.24) is 19.7 Å². The van der Waals surface area contributed by atoms with Crippen LogP contribution in [0, 0.1) is 0 Å². The number of aromatic nitrogens is 3. The molecular formula is C21H29N5O3. The van der Waals surface area contributed by atoms with E-state index in [4.69, 9.17) is 9.84 Å². The maximum Gasteiger partial charge on any atom is 0.328 e. The van der Waals surface area contributed by atoms with Crippen molar-refractivity contribution in [1.29, 1.82) is 0 Å². The molecule has 0 radical (unpaired) electrons. The van der Waals surface area contributed by atoms with Crippen LogP contribution in [0.15, 0.2) is 30.3 Å². The Morgan fingerprint density at radius 3 is 2.93 bits per heavy atom. The van der Waals surface area contributed by atoms with E-state index in [1.807, 2.05) is 6.07 Å². The van der Waals surface area contributed by atoms with Crippen LogP contribution in [0.1, 0.15) is 37.1 Å². The molecule has 2 aromatic rings. The lowest BCUT2D eigenvalue weighted by Gasteiger charge is -2.26. The molecule has 2 N–H and O–H groups in total. The second-order valence-electron chi connectivity index (χ2n) is 7.20. The van der Waals surface area contributed by atoms with Crippen LogP contribution in [0.4, 0.5) is 5.95 Å². The van der Waals surface area contributed by atoms with E-state index in [0.29, 0.717) is 24.9 Å². The zero-order chi connectivity index (χ0) is 20.5. The monoisotopic (exact) mass is 399 g/mol. The molecule has 8 nitrogen and oxygen atoms in total. The summed E-state index contributed by atoms with van der Waals surface area (Å²) in [5, 5.41) is 16.0. The van der Waals surface area contributed by atoms with Gasteiger partial charge >= 0.3 is 5.97 Å². The van der Waals surface area contributed by atoms with Gasteiger partial charge in [-0.05, 0) is 56.1 Å². The Morgan fingerprint density at radius 1 is 1.31 bits per heavy atom. The summed E-state index contributed by atoms with van der Waals surface area (Å²) in [5.41, 5.74) is 1.29. The highest BCUT2D eigenvalue weighted by Crippen LogP contribution is 2.17. The van der Waals surface area contributed by atoms with Gasteiger partial charge in [-0.3, -0.25) is 4.90 Å². The number of aryl methyl sites for hydroxylation is 1. The SMILES string of the molecule is Cn1nc(C=CC(=O)O)nc1NCCCOc1cccc(CN2CCCCC2)c1. The molecule has 0 atom stereocenters. The molecule has 2 heterocycles. The van der Waals surface area contributed by atoms with Gasteiger partial charge in [-0.2, -0.15) is 10.1 Å². The zero-order valence-electron chi connectivity index (χ0n) is 16.9. The molecule has 1 aliphatic heterocycles. The number of carboxylic acids is 1. The van der Waals surface area contributed by atoms with Crippen molar-refractivity contribution in [3.63, 3.8) is 0 Å². The van der Waals surface area contributed by atoms with E-state index in [-0.39, 0.29) is 0 Å². The minimum absolute atomic E-state index is 0.360. The van der Waals surface area contributed by atoms with Gasteiger partial charge in [-0.1, -0.05) is 18.6 Å². The summed E-state index contributed by atoms with van der Waals surface area (Å²) in [5.74, 6) is 0.834. The zero-order valence-corrected chi connectivity index (χ0v) is 16.9. The summed E-state index contributed by atoms with van der Waals surface area (Å²) in [4.78, 5) is 17.3. The molecule has 0 aliphatic carbocycles. The quantitative estimate of drug-likeness (QED) is 0.469. The average molecular weight is 399 g/mol. The van der Waals surface area contributed by atoms with Crippen LogP contribution in [0.2, 0.25) is 0 Å². The Balaban J connectivity index is 1.39. The summed E-state index contributed by atoms with van der Waals surface area (Å²) >= 11 is 0. The summed E-state index contributed by atoms with van der Waals surface area (Å²) in [7, 11) is 1.76. The number of likely N-dealkylation sites (tertiary alicyclic amines) is 1. The Morgan fingerprint density at radius 2 is 2.14 bits per heavy atom. The Bertz CT molecular complexity index is 827. The highest BCUT2D eigenvalue weighted by Gasteiger charge is 2.10. The molecule has 1 fully saturated rings. The molecule has 29 heavy (non-hydrogen) atoms. The highest BCUT2D eigenvalue weighted by atomic mass is 16.5. The minimum Gasteiger partial charge on any atom is -0.494 e. The highest BCUT2D eigenvalue weighted by molar-refractivity contribution is 5.84. The number of nitrogens with zero attached hydrogens (tertiary/aromatic N) is 4. The van der Waals surface area contributed by atoms with E-state index in [2.05, 4.69) is 38.5 Å². The van der Waals surface area contributed by atoms with Crippen molar-refractivity contribution in [2.24, 2.45) is 7.05 Å². The molecule has 0 saturated carbocycles. The van der Waals surface area contributed by atoms with Crippen molar-refractivity contribution >= 4 is 18.0 Å². The summed E-state index contributed by atoms with van der Waals surface area (Å²) < 4.78 is 7.49. The van der Waals surface area contributed by atoms with Gasteiger partial charge in [-0.15, -0.1) is 0 Å². The predicted molar refractivity (Wildman–Crippen MR) is 112 cm³/mol. The second kappa shape index (κ2) is 10.6. The van der Waals surface area contributed by atoms with Gasteiger partial charge in [0.15, 0.2) is 5.82 Å². The first-order chi connectivity index (χ1) is 14.1. The second-order valence-corrected chi connectivity index (χ2v) is 7.20. The lowest BCUT2D eigenvalue weighted by atomic mass is 10.1. The molecule has 1 aromatic carbocycles. The topological polar surface area (TPSA) is 92.5 Å². The first-order valence-electron chi connectivity index (χ1n) is 10.1. The van der Waals surface area contributed by atoms with E-state index in [1.54, 1.807) is 11.7 Å². The number of hydrogen-bond acceptors (Lipinski definition) is 6. The number of carbonyl (C=O) groups is 1. The van der Waals surface area contributed by atoms with E-state index in [1.165, 1.54) is 44.0 Å². The number of benzene rings is 1.